The van der Waals surface area contributed by atoms with Crippen LogP contribution in [0.2, 0.25) is 5.02 Å². The average molecular weight is 265 g/mol. The van der Waals surface area contributed by atoms with Crippen molar-refractivity contribution in [3.63, 3.8) is 0 Å². The van der Waals surface area contributed by atoms with Crippen LogP contribution in [-0.4, -0.2) is 13.1 Å². The summed E-state index contributed by atoms with van der Waals surface area (Å²) in [4.78, 5) is 11.0. The van der Waals surface area contributed by atoms with Gasteiger partial charge in [0.15, 0.2) is 0 Å². The second-order valence-electron chi connectivity index (χ2n) is 3.16. The summed E-state index contributed by atoms with van der Waals surface area (Å²) in [7, 11) is 1.32. The highest BCUT2D eigenvalue weighted by Gasteiger charge is 2.14. The van der Waals surface area contributed by atoms with Crippen molar-refractivity contribution in [2.75, 3.05) is 12.8 Å². The molecule has 0 spiro atoms. The van der Waals surface area contributed by atoms with E-state index in [-0.39, 0.29) is 24.8 Å². The molecule has 0 aliphatic rings. The van der Waals surface area contributed by atoms with Crippen LogP contribution in [0.4, 0.5) is 5.69 Å². The molecule has 1 atom stereocenters. The Kier molecular flexibility index (Phi) is 6.18. The monoisotopic (exact) mass is 264 g/mol. The Morgan fingerprint density at radius 2 is 2.19 bits per heavy atom. The fraction of sp³-hybridized carbons (Fsp3) is 0.300. The molecule has 0 aromatic heterocycles. The van der Waals surface area contributed by atoms with E-state index in [0.717, 1.165) is 0 Å². The summed E-state index contributed by atoms with van der Waals surface area (Å²) >= 11 is 5.80. The van der Waals surface area contributed by atoms with Crippen LogP contribution >= 0.6 is 24.0 Å². The van der Waals surface area contributed by atoms with Gasteiger partial charge in [0.05, 0.1) is 13.5 Å². The van der Waals surface area contributed by atoms with Gasteiger partial charge in [-0.1, -0.05) is 11.6 Å². The third kappa shape index (κ3) is 3.89. The molecule has 0 amide bonds. The Bertz CT molecular complexity index is 372. The number of hydrogen-bond donors (Lipinski definition) is 2. The number of carbonyl (C=O) groups excluding carboxylic acids is 1. The molecule has 0 aliphatic carbocycles. The SMILES string of the molecule is COC(=O)C[C@@H](N)c1cc(Cl)ccc1N.Cl. The van der Waals surface area contributed by atoms with E-state index in [1.54, 1.807) is 18.2 Å². The number of rotatable bonds is 3. The normalized spacial score (nSPS) is 11.4. The molecule has 0 saturated carbocycles. The maximum atomic E-state index is 11.0. The van der Waals surface area contributed by atoms with Gasteiger partial charge in [-0.15, -0.1) is 12.4 Å². The van der Waals surface area contributed by atoms with Gasteiger partial charge in [0, 0.05) is 16.8 Å². The molecule has 1 rings (SSSR count). The molecule has 4 N–H and O–H groups in total. The molecule has 4 nitrogen and oxygen atoms in total. The van der Waals surface area contributed by atoms with Gasteiger partial charge in [0.1, 0.15) is 0 Å². The molecule has 1 aromatic carbocycles. The van der Waals surface area contributed by atoms with Gasteiger partial charge in [-0.2, -0.15) is 0 Å². The van der Waals surface area contributed by atoms with Crippen LogP contribution in [0.25, 0.3) is 0 Å². The van der Waals surface area contributed by atoms with Crippen molar-refractivity contribution in [1.82, 2.24) is 0 Å². The van der Waals surface area contributed by atoms with E-state index in [1.165, 1.54) is 7.11 Å². The lowest BCUT2D eigenvalue weighted by Gasteiger charge is -2.13. The number of ether oxygens (including phenoxy) is 1. The van der Waals surface area contributed by atoms with Crippen LogP contribution in [0.3, 0.4) is 0 Å². The molecule has 0 radical (unpaired) electrons. The maximum Gasteiger partial charge on any atom is 0.307 e. The first-order valence-corrected chi connectivity index (χ1v) is 4.79. The van der Waals surface area contributed by atoms with Gasteiger partial charge in [-0.05, 0) is 23.8 Å². The molecule has 90 valence electrons. The largest absolute Gasteiger partial charge is 0.469 e. The highest BCUT2D eigenvalue weighted by Crippen LogP contribution is 2.24. The van der Waals surface area contributed by atoms with Crippen molar-refractivity contribution >= 4 is 35.7 Å². The van der Waals surface area contributed by atoms with E-state index >= 15 is 0 Å². The fourth-order valence-corrected chi connectivity index (χ4v) is 1.42. The third-order valence-corrected chi connectivity index (χ3v) is 2.30. The topological polar surface area (TPSA) is 78.3 Å². The van der Waals surface area contributed by atoms with Crippen LogP contribution in [-0.2, 0) is 9.53 Å². The van der Waals surface area contributed by atoms with Crippen LogP contribution < -0.4 is 11.5 Å². The fourth-order valence-electron chi connectivity index (χ4n) is 1.24. The van der Waals surface area contributed by atoms with E-state index in [9.17, 15) is 4.79 Å². The minimum Gasteiger partial charge on any atom is -0.469 e. The zero-order chi connectivity index (χ0) is 11.4. The smallest absolute Gasteiger partial charge is 0.307 e. The van der Waals surface area contributed by atoms with Crippen molar-refractivity contribution < 1.29 is 9.53 Å². The van der Waals surface area contributed by atoms with Gasteiger partial charge >= 0.3 is 5.97 Å². The zero-order valence-electron chi connectivity index (χ0n) is 8.77. The molecule has 0 unspecified atom stereocenters. The number of nitrogen functional groups attached to an aromatic ring is 1. The van der Waals surface area contributed by atoms with Crippen LogP contribution in [0.1, 0.15) is 18.0 Å². The second kappa shape index (κ2) is 6.58. The number of esters is 1. The Morgan fingerprint density at radius 3 is 2.75 bits per heavy atom. The van der Waals surface area contributed by atoms with E-state index in [1.807, 2.05) is 0 Å². The third-order valence-electron chi connectivity index (χ3n) is 2.06. The number of carbonyl (C=O) groups is 1. The van der Waals surface area contributed by atoms with Crippen molar-refractivity contribution in [2.24, 2.45) is 5.73 Å². The first-order valence-electron chi connectivity index (χ1n) is 4.42. The Morgan fingerprint density at radius 1 is 1.56 bits per heavy atom. The predicted octanol–water partition coefficient (Wildman–Crippen LogP) is 1.91. The van der Waals surface area contributed by atoms with Crippen molar-refractivity contribution in [2.45, 2.75) is 12.5 Å². The first kappa shape index (κ1) is 15.0. The highest BCUT2D eigenvalue weighted by atomic mass is 35.5. The van der Waals surface area contributed by atoms with Crippen molar-refractivity contribution in [3.05, 3.63) is 28.8 Å². The van der Waals surface area contributed by atoms with Gasteiger partial charge < -0.3 is 16.2 Å². The lowest BCUT2D eigenvalue weighted by Crippen LogP contribution is -2.17. The predicted molar refractivity (Wildman–Crippen MR) is 66.7 cm³/mol. The minimum absolute atomic E-state index is 0. The summed E-state index contributed by atoms with van der Waals surface area (Å²) in [6, 6.07) is 4.50. The van der Waals surface area contributed by atoms with Crippen molar-refractivity contribution in [3.8, 4) is 0 Å². The zero-order valence-corrected chi connectivity index (χ0v) is 10.3. The van der Waals surface area contributed by atoms with E-state index in [4.69, 9.17) is 23.1 Å². The number of hydrogen-bond acceptors (Lipinski definition) is 4. The molecule has 16 heavy (non-hydrogen) atoms. The van der Waals surface area contributed by atoms with E-state index < -0.39 is 6.04 Å². The summed E-state index contributed by atoms with van der Waals surface area (Å²) < 4.78 is 4.52. The van der Waals surface area contributed by atoms with Gasteiger partial charge in [-0.25, -0.2) is 0 Å². The first-order chi connectivity index (χ1) is 7.04. The lowest BCUT2D eigenvalue weighted by molar-refractivity contribution is -0.141. The van der Waals surface area contributed by atoms with Crippen molar-refractivity contribution in [1.29, 1.82) is 0 Å². The van der Waals surface area contributed by atoms with Gasteiger partial charge in [0.2, 0.25) is 0 Å². The van der Waals surface area contributed by atoms with Gasteiger partial charge in [-0.3, -0.25) is 4.79 Å². The summed E-state index contributed by atoms with van der Waals surface area (Å²) in [6.45, 7) is 0. The number of methoxy groups -OCH3 is 1. The van der Waals surface area contributed by atoms with Gasteiger partial charge in [0.25, 0.3) is 0 Å². The Labute approximate surface area is 105 Å². The summed E-state index contributed by atoms with van der Waals surface area (Å²) in [5.74, 6) is -0.373. The quantitative estimate of drug-likeness (QED) is 0.646. The summed E-state index contributed by atoms with van der Waals surface area (Å²) in [5.41, 5.74) is 12.7. The molecular formula is C10H14Cl2N2O2. The average Bonchev–Trinajstić information content (AvgIpc) is 2.21. The molecule has 0 saturated heterocycles. The molecule has 0 heterocycles. The van der Waals surface area contributed by atoms with Crippen LogP contribution in [0.5, 0.6) is 0 Å². The molecule has 0 aliphatic heterocycles. The second-order valence-corrected chi connectivity index (χ2v) is 3.60. The van der Waals surface area contributed by atoms with E-state index in [0.29, 0.717) is 16.3 Å². The minimum atomic E-state index is -0.490. The highest BCUT2D eigenvalue weighted by molar-refractivity contribution is 6.30. The molecule has 1 aromatic rings. The van der Waals surface area contributed by atoms with Crippen LogP contribution in [0.15, 0.2) is 18.2 Å². The van der Waals surface area contributed by atoms with E-state index in [2.05, 4.69) is 4.74 Å². The standard InChI is InChI=1S/C10H13ClN2O2.ClH/c1-15-10(14)5-9(13)7-4-6(11)2-3-8(7)12;/h2-4,9H,5,12-13H2,1H3;1H/t9-;/m1./s1. The maximum absolute atomic E-state index is 11.0. The summed E-state index contributed by atoms with van der Waals surface area (Å²) in [5, 5.41) is 0.541. The number of anilines is 1. The molecule has 6 heteroatoms. The molecular weight excluding hydrogens is 251 g/mol. The Balaban J connectivity index is 0.00000225. The lowest BCUT2D eigenvalue weighted by atomic mass is 10.0. The molecule has 0 bridgehead atoms. The summed E-state index contributed by atoms with van der Waals surface area (Å²) in [6.07, 6.45) is 0.0844. The number of halogens is 2. The number of nitrogens with two attached hydrogens (primary N) is 2. The number of benzene rings is 1. The Hall–Kier alpha value is -0.970. The van der Waals surface area contributed by atoms with Crippen LogP contribution in [0, 0.1) is 0 Å². The molecule has 0 fully saturated rings.